The topological polar surface area (TPSA) is 93.1 Å². The summed E-state index contributed by atoms with van der Waals surface area (Å²) in [6.07, 6.45) is 0.198. The van der Waals surface area contributed by atoms with Crippen LogP contribution in [0.15, 0.2) is 24.3 Å². The summed E-state index contributed by atoms with van der Waals surface area (Å²) >= 11 is 0. The lowest BCUT2D eigenvalue weighted by Crippen LogP contribution is -2.60. The number of nitrogens with zero attached hydrogens (tertiary/aromatic N) is 3. The molecular weight excluding hydrogens is 350 g/mol. The summed E-state index contributed by atoms with van der Waals surface area (Å²) in [6.45, 7) is 1.66. The van der Waals surface area contributed by atoms with E-state index in [9.17, 15) is 19.9 Å². The van der Waals surface area contributed by atoms with Crippen LogP contribution in [0.2, 0.25) is 0 Å². The van der Waals surface area contributed by atoms with E-state index >= 15 is 0 Å². The van der Waals surface area contributed by atoms with Gasteiger partial charge in [0.15, 0.2) is 0 Å². The number of imide groups is 1. The average Bonchev–Trinajstić information content (AvgIpc) is 2.65. The molecule has 27 heavy (non-hydrogen) atoms. The van der Waals surface area contributed by atoms with Crippen LogP contribution in [0.3, 0.4) is 0 Å². The number of piperidine rings is 1. The molecule has 2 heterocycles. The van der Waals surface area contributed by atoms with Gasteiger partial charge in [0, 0.05) is 12.8 Å². The predicted molar refractivity (Wildman–Crippen MR) is 100 cm³/mol. The van der Waals surface area contributed by atoms with Crippen molar-refractivity contribution in [3.63, 3.8) is 0 Å². The molecule has 2 amide bonds. The number of para-hydroxylation sites is 2. The van der Waals surface area contributed by atoms with Gasteiger partial charge in [0.1, 0.15) is 18.4 Å². The Bertz CT molecular complexity index is 672. The van der Waals surface area contributed by atoms with E-state index in [0.29, 0.717) is 45.4 Å². The number of rotatable bonds is 6. The number of hydrogen-bond acceptors (Lipinski definition) is 6. The number of carbonyl (C=O) groups excluding carboxylic acids is 2. The van der Waals surface area contributed by atoms with Crippen LogP contribution in [0.5, 0.6) is 5.75 Å². The average molecular weight is 377 g/mol. The molecule has 2 fully saturated rings. The van der Waals surface area contributed by atoms with Crippen LogP contribution in [-0.4, -0.2) is 78.9 Å². The van der Waals surface area contributed by atoms with Crippen molar-refractivity contribution in [2.75, 3.05) is 51.3 Å². The molecule has 0 spiro atoms. The van der Waals surface area contributed by atoms with E-state index in [0.717, 1.165) is 16.3 Å². The molecule has 1 N–H and O–H groups in total. The molecule has 8 heteroatoms. The number of aliphatic hydroxyl groups excluding tert-OH is 1. The van der Waals surface area contributed by atoms with Crippen LogP contribution in [0, 0.1) is 5.21 Å². The first kappa shape index (κ1) is 19.6. The molecule has 0 aliphatic carbocycles. The maximum absolute atomic E-state index is 13.0. The van der Waals surface area contributed by atoms with Crippen LogP contribution in [0.1, 0.15) is 19.3 Å². The van der Waals surface area contributed by atoms with Crippen molar-refractivity contribution in [2.45, 2.75) is 25.4 Å². The SMILES string of the molecule is COc1ccccc1N1CC[N+]([O-])(CC(O)CN2C(=O)CCCC2=O)CC1. The van der Waals surface area contributed by atoms with Crippen molar-refractivity contribution in [3.05, 3.63) is 29.5 Å². The Morgan fingerprint density at radius 3 is 2.44 bits per heavy atom. The molecule has 2 aliphatic rings. The van der Waals surface area contributed by atoms with E-state index in [1.165, 1.54) is 0 Å². The zero-order valence-corrected chi connectivity index (χ0v) is 15.7. The minimum Gasteiger partial charge on any atom is -0.633 e. The summed E-state index contributed by atoms with van der Waals surface area (Å²) in [5.41, 5.74) is 0.955. The summed E-state index contributed by atoms with van der Waals surface area (Å²) in [7, 11) is 1.62. The molecule has 0 bridgehead atoms. The molecule has 3 rings (SSSR count). The minimum atomic E-state index is -1.01. The van der Waals surface area contributed by atoms with Gasteiger partial charge in [0.25, 0.3) is 0 Å². The van der Waals surface area contributed by atoms with Crippen LogP contribution >= 0.6 is 0 Å². The highest BCUT2D eigenvalue weighted by atomic mass is 16.5. The quantitative estimate of drug-likeness (QED) is 0.446. The van der Waals surface area contributed by atoms with Crippen molar-refractivity contribution in [3.8, 4) is 5.75 Å². The minimum absolute atomic E-state index is 0.0170. The number of methoxy groups -OCH3 is 1. The van der Waals surface area contributed by atoms with Gasteiger partial charge in [-0.3, -0.25) is 14.5 Å². The number of benzene rings is 1. The van der Waals surface area contributed by atoms with E-state index in [4.69, 9.17) is 4.74 Å². The third kappa shape index (κ3) is 4.58. The second-order valence-electron chi connectivity index (χ2n) is 7.25. The molecule has 0 aromatic heterocycles. The van der Waals surface area contributed by atoms with E-state index in [2.05, 4.69) is 4.90 Å². The summed E-state index contributed by atoms with van der Waals surface area (Å²) in [5.74, 6) is 0.248. The Morgan fingerprint density at radius 1 is 1.19 bits per heavy atom. The Kier molecular flexibility index (Phi) is 5.98. The van der Waals surface area contributed by atoms with Gasteiger partial charge in [-0.1, -0.05) is 12.1 Å². The predicted octanol–water partition coefficient (Wildman–Crippen LogP) is 0.730. The Hall–Kier alpha value is -2.16. The van der Waals surface area contributed by atoms with Gasteiger partial charge in [0.2, 0.25) is 11.8 Å². The molecule has 1 aromatic rings. The largest absolute Gasteiger partial charge is 0.633 e. The van der Waals surface area contributed by atoms with Crippen LogP contribution in [0.25, 0.3) is 0 Å². The van der Waals surface area contributed by atoms with E-state index in [1.807, 2.05) is 24.3 Å². The number of quaternary nitrogens is 1. The summed E-state index contributed by atoms with van der Waals surface area (Å²) < 4.78 is 4.86. The monoisotopic (exact) mass is 377 g/mol. The summed E-state index contributed by atoms with van der Waals surface area (Å²) in [6, 6.07) is 7.69. The molecule has 1 atom stereocenters. The lowest BCUT2D eigenvalue weighted by atomic mass is 10.1. The second-order valence-corrected chi connectivity index (χ2v) is 7.25. The van der Waals surface area contributed by atoms with Crippen molar-refractivity contribution in [2.24, 2.45) is 0 Å². The molecule has 1 unspecified atom stereocenters. The highest BCUT2D eigenvalue weighted by Gasteiger charge is 2.32. The van der Waals surface area contributed by atoms with Gasteiger partial charge in [-0.15, -0.1) is 0 Å². The first-order valence-corrected chi connectivity index (χ1v) is 9.38. The molecule has 0 saturated carbocycles. The Balaban J connectivity index is 1.55. The zero-order valence-electron chi connectivity index (χ0n) is 15.7. The van der Waals surface area contributed by atoms with Crippen LogP contribution in [-0.2, 0) is 9.59 Å². The zero-order chi connectivity index (χ0) is 19.4. The number of hydrogen-bond donors (Lipinski definition) is 1. The van der Waals surface area contributed by atoms with Crippen molar-refractivity contribution in [1.82, 2.24) is 4.90 Å². The van der Waals surface area contributed by atoms with E-state index < -0.39 is 10.8 Å². The lowest BCUT2D eigenvalue weighted by molar-refractivity contribution is -0.884. The van der Waals surface area contributed by atoms with Crippen LogP contribution < -0.4 is 9.64 Å². The summed E-state index contributed by atoms with van der Waals surface area (Å²) in [5, 5.41) is 23.3. The molecule has 8 nitrogen and oxygen atoms in total. The normalized spacial score (nSPS) is 21.3. The lowest BCUT2D eigenvalue weighted by Gasteiger charge is -2.49. The molecule has 0 radical (unpaired) electrons. The second kappa shape index (κ2) is 8.24. The number of anilines is 1. The van der Waals surface area contributed by atoms with Gasteiger partial charge in [-0.05, 0) is 18.6 Å². The first-order valence-electron chi connectivity index (χ1n) is 9.38. The van der Waals surface area contributed by atoms with E-state index in [1.54, 1.807) is 7.11 Å². The number of aliphatic hydroxyl groups is 1. The third-order valence-corrected chi connectivity index (χ3v) is 5.30. The molecule has 1 aromatic carbocycles. The number of hydroxylamine groups is 3. The van der Waals surface area contributed by atoms with Crippen molar-refractivity contribution < 1.29 is 24.1 Å². The maximum Gasteiger partial charge on any atom is 0.229 e. The van der Waals surface area contributed by atoms with Gasteiger partial charge in [-0.25, -0.2) is 0 Å². The molecule has 2 aliphatic heterocycles. The molecule has 148 valence electrons. The van der Waals surface area contributed by atoms with Crippen molar-refractivity contribution in [1.29, 1.82) is 0 Å². The standard InChI is InChI=1S/C19H27N3O5/c1-27-17-6-3-2-5-16(17)20-9-11-22(26,12-10-20)14-15(23)13-21-18(24)7-4-8-19(21)25/h2-3,5-6,15,23H,4,7-14H2,1H3. The van der Waals surface area contributed by atoms with Gasteiger partial charge in [-0.2, -0.15) is 0 Å². The maximum atomic E-state index is 13.0. The number of likely N-dealkylation sites (tertiary alicyclic amines) is 1. The fraction of sp³-hybridized carbons (Fsp3) is 0.579. The highest BCUT2D eigenvalue weighted by Crippen LogP contribution is 2.29. The smallest absolute Gasteiger partial charge is 0.229 e. The fourth-order valence-electron chi connectivity index (χ4n) is 3.80. The number of piperazine rings is 1. The Morgan fingerprint density at radius 2 is 1.81 bits per heavy atom. The highest BCUT2D eigenvalue weighted by molar-refractivity contribution is 5.97. The van der Waals surface area contributed by atoms with Crippen molar-refractivity contribution >= 4 is 17.5 Å². The number of amides is 2. The number of ether oxygens (including phenoxy) is 1. The van der Waals surface area contributed by atoms with Gasteiger partial charge in [0.05, 0.1) is 45.5 Å². The van der Waals surface area contributed by atoms with Gasteiger partial charge < -0.3 is 24.6 Å². The number of carbonyl (C=O) groups is 2. The van der Waals surface area contributed by atoms with Crippen LogP contribution in [0.4, 0.5) is 5.69 Å². The Labute approximate surface area is 159 Å². The van der Waals surface area contributed by atoms with Gasteiger partial charge >= 0.3 is 0 Å². The summed E-state index contributed by atoms with van der Waals surface area (Å²) in [4.78, 5) is 26.9. The number of β-amino-alcohol motifs (C(OH)–C–C–N with tert-alkyl or cyclic N) is 1. The van der Waals surface area contributed by atoms with E-state index in [-0.39, 0.29) is 24.9 Å². The third-order valence-electron chi connectivity index (χ3n) is 5.30. The molecule has 2 saturated heterocycles. The fourth-order valence-corrected chi connectivity index (χ4v) is 3.80. The first-order chi connectivity index (χ1) is 12.9. The molecular formula is C19H27N3O5.